The SMILES string of the molecule is O=CCOCCOCCNC(=O)COCCOCCNC(=O)COCCOCCNC(=O)COCCOCCNC(=O)C1C[C@@H](C(=O)O)NC(=O)CCCCCCCCC1=O. The first-order valence-corrected chi connectivity index (χ1v) is 20.8. The van der Waals surface area contributed by atoms with E-state index < -0.39 is 29.7 Å². The summed E-state index contributed by atoms with van der Waals surface area (Å²) in [5, 5.41) is 22.6. The van der Waals surface area contributed by atoms with Gasteiger partial charge in [-0.3, -0.25) is 28.8 Å². The van der Waals surface area contributed by atoms with Crippen LogP contribution in [-0.2, 0) is 76.3 Å². The van der Waals surface area contributed by atoms with Crippen molar-refractivity contribution in [2.45, 2.75) is 63.8 Å². The summed E-state index contributed by atoms with van der Waals surface area (Å²) >= 11 is 0. The van der Waals surface area contributed by atoms with Gasteiger partial charge < -0.3 is 74.4 Å². The Bertz CT molecular complexity index is 1260. The highest BCUT2D eigenvalue weighted by atomic mass is 16.5. The summed E-state index contributed by atoms with van der Waals surface area (Å²) in [7, 11) is 0. The zero-order chi connectivity index (χ0) is 44.6. The number of amides is 5. The molecule has 61 heavy (non-hydrogen) atoms. The predicted octanol–water partition coefficient (Wildman–Crippen LogP) is -1.94. The molecule has 1 unspecified atom stereocenters. The highest BCUT2D eigenvalue weighted by molar-refractivity contribution is 6.02. The van der Waals surface area contributed by atoms with Gasteiger partial charge in [0.25, 0.3) is 0 Å². The second kappa shape index (κ2) is 38.7. The Balaban J connectivity index is 1.99. The fraction of sp³-hybridized carbons (Fsp3) is 0.795. The molecular formula is C39H67N5O17. The average Bonchev–Trinajstić information content (AvgIpc) is 3.23. The second-order valence-corrected chi connectivity index (χ2v) is 13.5. The van der Waals surface area contributed by atoms with Crippen LogP contribution < -0.4 is 26.6 Å². The third-order valence-corrected chi connectivity index (χ3v) is 8.51. The van der Waals surface area contributed by atoms with E-state index in [1.165, 1.54) is 0 Å². The lowest BCUT2D eigenvalue weighted by Gasteiger charge is -2.21. The lowest BCUT2D eigenvalue weighted by atomic mass is 9.90. The number of aliphatic carboxylic acids is 1. The van der Waals surface area contributed by atoms with Crippen molar-refractivity contribution in [3.63, 3.8) is 0 Å². The lowest BCUT2D eigenvalue weighted by molar-refractivity contribution is -0.143. The third-order valence-electron chi connectivity index (χ3n) is 8.51. The van der Waals surface area contributed by atoms with Crippen LogP contribution in [0.2, 0.25) is 0 Å². The molecule has 1 aliphatic heterocycles. The molecule has 1 saturated heterocycles. The van der Waals surface area contributed by atoms with Crippen molar-refractivity contribution in [3.8, 4) is 0 Å². The number of hydrogen-bond acceptors (Lipinski definition) is 16. The Hall–Kier alpha value is -4.16. The smallest absolute Gasteiger partial charge is 0.326 e. The van der Waals surface area contributed by atoms with Crippen molar-refractivity contribution < 1.29 is 81.4 Å². The van der Waals surface area contributed by atoms with E-state index in [9.17, 15) is 43.5 Å². The van der Waals surface area contributed by atoms with E-state index in [2.05, 4.69) is 26.6 Å². The molecule has 6 N–H and O–H groups in total. The second-order valence-electron chi connectivity index (χ2n) is 13.5. The molecule has 350 valence electrons. The normalized spacial score (nSPS) is 16.5. The maximum Gasteiger partial charge on any atom is 0.326 e. The third kappa shape index (κ3) is 33.2. The Kier molecular flexibility index (Phi) is 34.8. The van der Waals surface area contributed by atoms with Crippen LogP contribution in [0.15, 0.2) is 0 Å². The molecule has 1 heterocycles. The molecule has 22 nitrogen and oxygen atoms in total. The summed E-state index contributed by atoms with van der Waals surface area (Å²) in [6.45, 7) is 2.97. The first-order chi connectivity index (χ1) is 29.6. The highest BCUT2D eigenvalue weighted by Gasteiger charge is 2.33. The van der Waals surface area contributed by atoms with E-state index in [4.69, 9.17) is 37.9 Å². The van der Waals surface area contributed by atoms with Gasteiger partial charge in [-0.2, -0.15) is 0 Å². The van der Waals surface area contributed by atoms with Crippen LogP contribution in [0.4, 0.5) is 0 Å². The number of carboxylic acids is 1. The quantitative estimate of drug-likeness (QED) is 0.0233. The zero-order valence-electron chi connectivity index (χ0n) is 35.2. The topological polar surface area (TPSA) is 291 Å². The van der Waals surface area contributed by atoms with Crippen molar-refractivity contribution in [2.75, 3.05) is 132 Å². The van der Waals surface area contributed by atoms with Gasteiger partial charge in [0, 0.05) is 39.0 Å². The zero-order valence-corrected chi connectivity index (χ0v) is 35.2. The van der Waals surface area contributed by atoms with Crippen LogP contribution in [-0.4, -0.2) is 191 Å². The first-order valence-electron chi connectivity index (χ1n) is 20.8. The number of carbonyl (C=O) groups is 8. The van der Waals surface area contributed by atoms with Crippen molar-refractivity contribution in [1.29, 1.82) is 0 Å². The molecule has 0 aromatic heterocycles. The monoisotopic (exact) mass is 877 g/mol. The molecule has 0 spiro atoms. The van der Waals surface area contributed by atoms with E-state index >= 15 is 0 Å². The van der Waals surface area contributed by atoms with Crippen molar-refractivity contribution in [3.05, 3.63) is 0 Å². The first kappa shape index (κ1) is 54.9. The Morgan fingerprint density at radius 1 is 0.541 bits per heavy atom. The van der Waals surface area contributed by atoms with E-state index in [0.29, 0.717) is 45.5 Å². The fourth-order valence-corrected chi connectivity index (χ4v) is 5.39. The highest BCUT2D eigenvalue weighted by Crippen LogP contribution is 2.17. The molecule has 0 saturated carbocycles. The number of ether oxygens (including phenoxy) is 8. The van der Waals surface area contributed by atoms with Gasteiger partial charge in [-0.25, -0.2) is 4.79 Å². The Morgan fingerprint density at radius 2 is 0.934 bits per heavy atom. The van der Waals surface area contributed by atoms with Crippen molar-refractivity contribution >= 4 is 47.6 Å². The molecule has 2 atom stereocenters. The van der Waals surface area contributed by atoms with E-state index in [1.807, 2.05) is 0 Å². The minimum absolute atomic E-state index is 0.0251. The summed E-state index contributed by atoms with van der Waals surface area (Å²) in [5.74, 6) is -4.91. The predicted molar refractivity (Wildman–Crippen MR) is 214 cm³/mol. The van der Waals surface area contributed by atoms with Gasteiger partial charge in [0.1, 0.15) is 44.5 Å². The molecule has 0 radical (unpaired) electrons. The molecule has 1 fully saturated rings. The number of ketones is 1. The van der Waals surface area contributed by atoms with Crippen LogP contribution in [0.5, 0.6) is 0 Å². The number of rotatable bonds is 34. The van der Waals surface area contributed by atoms with Gasteiger partial charge in [0.2, 0.25) is 29.5 Å². The van der Waals surface area contributed by atoms with Crippen LogP contribution in [0.3, 0.4) is 0 Å². The van der Waals surface area contributed by atoms with Crippen LogP contribution in [0.1, 0.15) is 57.8 Å². The lowest BCUT2D eigenvalue weighted by Crippen LogP contribution is -2.46. The molecule has 0 aromatic carbocycles. The number of carboxylic acid groups (broad SMARTS) is 1. The molecule has 0 bridgehead atoms. The Morgan fingerprint density at radius 3 is 1.38 bits per heavy atom. The molecule has 0 aliphatic carbocycles. The molecule has 22 heteroatoms. The summed E-state index contributed by atoms with van der Waals surface area (Å²) in [5.41, 5.74) is 0. The van der Waals surface area contributed by atoms with Gasteiger partial charge >= 0.3 is 5.97 Å². The Labute approximate surface area is 356 Å². The summed E-state index contributed by atoms with van der Waals surface area (Å²) in [6.07, 6.45) is 5.42. The van der Waals surface area contributed by atoms with Gasteiger partial charge in [-0.05, 0) is 19.3 Å². The molecule has 0 aromatic rings. The van der Waals surface area contributed by atoms with Crippen LogP contribution in [0.25, 0.3) is 0 Å². The van der Waals surface area contributed by atoms with Gasteiger partial charge in [0.15, 0.2) is 0 Å². The number of Topliss-reactive ketones (excluding diaryl/α,β-unsaturated/α-hetero) is 1. The molecule has 1 aliphatic rings. The molecule has 5 amide bonds. The minimum Gasteiger partial charge on any atom is -0.480 e. The van der Waals surface area contributed by atoms with Crippen LogP contribution >= 0.6 is 0 Å². The number of carbonyl (C=O) groups excluding carboxylic acids is 7. The van der Waals surface area contributed by atoms with E-state index in [1.54, 1.807) is 0 Å². The number of aldehydes is 1. The van der Waals surface area contributed by atoms with Crippen molar-refractivity contribution in [2.24, 2.45) is 5.92 Å². The van der Waals surface area contributed by atoms with Crippen molar-refractivity contribution in [1.82, 2.24) is 26.6 Å². The molecule has 1 rings (SSSR count). The minimum atomic E-state index is -1.36. The van der Waals surface area contributed by atoms with E-state index in [0.717, 1.165) is 25.7 Å². The van der Waals surface area contributed by atoms with Gasteiger partial charge in [0.05, 0.1) is 85.2 Å². The fourth-order valence-electron chi connectivity index (χ4n) is 5.39. The average molecular weight is 878 g/mol. The maximum atomic E-state index is 12.9. The van der Waals surface area contributed by atoms with E-state index in [-0.39, 0.29) is 148 Å². The van der Waals surface area contributed by atoms with Gasteiger partial charge in [-0.1, -0.05) is 25.7 Å². The number of hydrogen-bond donors (Lipinski definition) is 6. The van der Waals surface area contributed by atoms with Gasteiger partial charge in [-0.15, -0.1) is 0 Å². The number of nitrogens with one attached hydrogen (secondary N) is 5. The maximum absolute atomic E-state index is 12.9. The van der Waals surface area contributed by atoms with Crippen LogP contribution in [0, 0.1) is 5.92 Å². The molecular weight excluding hydrogens is 810 g/mol. The summed E-state index contributed by atoms with van der Waals surface area (Å²) in [6, 6.07) is -1.36. The largest absolute Gasteiger partial charge is 0.480 e. The summed E-state index contributed by atoms with van der Waals surface area (Å²) < 4.78 is 42.1. The summed E-state index contributed by atoms with van der Waals surface area (Å²) in [4.78, 5) is 95.5. The standard InChI is InChI=1S/C39H67N5O17/c45-13-18-58-20-19-54-14-9-40-35(48)28-59-24-21-55-15-10-41-36(49)29-60-25-22-56-16-11-42-37(50)30-61-26-23-57-17-12-43-38(51)31-27-32(39(52)53)44-34(47)8-6-4-2-1-3-5-7-33(31)46/h13,31-32H,1-12,14-30H2,(H,40,48)(H,41,49)(H,42,50)(H,43,51)(H,44,47)(H,52,53)/t31?,32-/m0/s1.